The maximum atomic E-state index is 12.1. The molecule has 0 radical (unpaired) electrons. The number of pyridine rings is 1. The highest BCUT2D eigenvalue weighted by Crippen LogP contribution is 2.35. The Bertz CT molecular complexity index is 760. The van der Waals surface area contributed by atoms with Gasteiger partial charge in [-0.2, -0.15) is 10.4 Å². The molecule has 1 saturated heterocycles. The van der Waals surface area contributed by atoms with Gasteiger partial charge in [0.05, 0.1) is 24.1 Å². The van der Waals surface area contributed by atoms with Gasteiger partial charge < -0.3 is 10.2 Å². The van der Waals surface area contributed by atoms with Gasteiger partial charge in [0.25, 0.3) is 0 Å². The molecule has 0 aromatic carbocycles. The molecule has 7 nitrogen and oxygen atoms in total. The van der Waals surface area contributed by atoms with Crippen LogP contribution in [0.3, 0.4) is 0 Å². The van der Waals surface area contributed by atoms with Crippen LogP contribution in [0.2, 0.25) is 0 Å². The summed E-state index contributed by atoms with van der Waals surface area (Å²) in [4.78, 5) is 18.0. The highest BCUT2D eigenvalue weighted by Gasteiger charge is 2.35. The Hall–Kier alpha value is -2.88. The van der Waals surface area contributed by atoms with E-state index in [2.05, 4.69) is 15.4 Å². The molecule has 1 aliphatic rings. The van der Waals surface area contributed by atoms with Crippen LogP contribution >= 0.6 is 0 Å². The molecule has 1 amide bonds. The second-order valence-electron chi connectivity index (χ2n) is 6.12. The van der Waals surface area contributed by atoms with Gasteiger partial charge in [-0.1, -0.05) is 0 Å². The number of carbonyl (C=O) groups excluding carboxylic acids is 1. The van der Waals surface area contributed by atoms with Crippen molar-refractivity contribution in [2.45, 2.75) is 18.9 Å². The molecule has 0 unspecified atom stereocenters. The molecule has 1 aliphatic heterocycles. The minimum atomic E-state index is 0.0128. The number of anilines is 1. The van der Waals surface area contributed by atoms with Crippen LogP contribution < -0.4 is 5.32 Å². The van der Waals surface area contributed by atoms with Gasteiger partial charge in [0.1, 0.15) is 11.8 Å². The molecule has 124 valence electrons. The first-order valence-corrected chi connectivity index (χ1v) is 7.92. The van der Waals surface area contributed by atoms with Gasteiger partial charge in [-0.3, -0.25) is 9.48 Å². The van der Waals surface area contributed by atoms with E-state index in [1.165, 1.54) is 0 Å². The largest absolute Gasteiger partial charge is 0.383 e. The van der Waals surface area contributed by atoms with E-state index in [-0.39, 0.29) is 17.9 Å². The smallest absolute Gasteiger partial charge is 0.222 e. The van der Waals surface area contributed by atoms with Crippen molar-refractivity contribution in [3.63, 3.8) is 0 Å². The number of aryl methyl sites for hydroxylation is 1. The predicted molar refractivity (Wildman–Crippen MR) is 88.9 cm³/mol. The van der Waals surface area contributed by atoms with Crippen LogP contribution in [0, 0.1) is 17.2 Å². The summed E-state index contributed by atoms with van der Waals surface area (Å²) in [5.41, 5.74) is 2.33. The van der Waals surface area contributed by atoms with Gasteiger partial charge in [0.15, 0.2) is 0 Å². The summed E-state index contributed by atoms with van der Waals surface area (Å²) < 4.78 is 1.76. The zero-order valence-electron chi connectivity index (χ0n) is 13.8. The van der Waals surface area contributed by atoms with Crippen molar-refractivity contribution < 1.29 is 4.79 Å². The SMILES string of the molecule is CN1C(=O)CC[C@H](CNc2ccc(C#N)nc2)[C@H]1c1cnn(C)c1. The van der Waals surface area contributed by atoms with Gasteiger partial charge in [-0.25, -0.2) is 4.98 Å². The first-order chi connectivity index (χ1) is 11.6. The molecule has 0 bridgehead atoms. The lowest BCUT2D eigenvalue weighted by Crippen LogP contribution is -2.42. The average Bonchev–Trinajstić information content (AvgIpc) is 3.02. The second-order valence-corrected chi connectivity index (χ2v) is 6.12. The molecule has 3 heterocycles. The standard InChI is InChI=1S/C17H20N6O/c1-22-11-13(9-21-22)17-12(3-6-16(24)23(17)2)8-19-15-5-4-14(7-18)20-10-15/h4-5,9-12,17,19H,3,6,8H2,1-2H3/t12-,17+/m1/s1. The van der Waals surface area contributed by atoms with Gasteiger partial charge in [-0.15, -0.1) is 0 Å². The Labute approximate surface area is 140 Å². The monoisotopic (exact) mass is 324 g/mol. The number of nitrogens with one attached hydrogen (secondary N) is 1. The average molecular weight is 324 g/mol. The Morgan fingerprint density at radius 1 is 1.38 bits per heavy atom. The van der Waals surface area contributed by atoms with Crippen LogP contribution in [0.4, 0.5) is 5.69 Å². The summed E-state index contributed by atoms with van der Waals surface area (Å²) in [7, 11) is 3.74. The third-order valence-electron chi connectivity index (χ3n) is 4.50. The number of piperidine rings is 1. The van der Waals surface area contributed by atoms with Crippen molar-refractivity contribution in [3.05, 3.63) is 42.0 Å². The van der Waals surface area contributed by atoms with Crippen molar-refractivity contribution in [3.8, 4) is 6.07 Å². The summed E-state index contributed by atoms with van der Waals surface area (Å²) in [5, 5.41) is 16.4. The number of amides is 1. The first kappa shape index (κ1) is 16.0. The van der Waals surface area contributed by atoms with Crippen molar-refractivity contribution in [1.29, 1.82) is 5.26 Å². The molecule has 1 N–H and O–H groups in total. The van der Waals surface area contributed by atoms with E-state index >= 15 is 0 Å². The number of aromatic nitrogens is 3. The molecule has 2 atom stereocenters. The van der Waals surface area contributed by atoms with Gasteiger partial charge in [0, 0.05) is 44.7 Å². The third kappa shape index (κ3) is 3.23. The fraction of sp³-hybridized carbons (Fsp3) is 0.412. The summed E-state index contributed by atoms with van der Waals surface area (Å²) in [5.74, 6) is 0.452. The van der Waals surface area contributed by atoms with E-state index in [1.54, 1.807) is 16.9 Å². The van der Waals surface area contributed by atoms with Crippen LogP contribution in [0.25, 0.3) is 0 Å². The Morgan fingerprint density at radius 3 is 2.83 bits per heavy atom. The number of nitrogens with zero attached hydrogens (tertiary/aromatic N) is 5. The molecular formula is C17H20N6O. The molecule has 2 aromatic rings. The summed E-state index contributed by atoms with van der Waals surface area (Å²) >= 11 is 0. The number of hydrogen-bond donors (Lipinski definition) is 1. The molecule has 3 rings (SSSR count). The highest BCUT2D eigenvalue weighted by atomic mass is 16.2. The van der Waals surface area contributed by atoms with Crippen LogP contribution in [0.1, 0.15) is 30.1 Å². The number of likely N-dealkylation sites (tertiary alicyclic amines) is 1. The van der Waals surface area contributed by atoms with E-state index < -0.39 is 0 Å². The Morgan fingerprint density at radius 2 is 2.21 bits per heavy atom. The van der Waals surface area contributed by atoms with Crippen molar-refractivity contribution in [2.75, 3.05) is 18.9 Å². The summed E-state index contributed by atoms with van der Waals surface area (Å²) in [6.07, 6.45) is 6.85. The number of nitriles is 1. The lowest BCUT2D eigenvalue weighted by molar-refractivity contribution is -0.136. The fourth-order valence-electron chi connectivity index (χ4n) is 3.23. The summed E-state index contributed by atoms with van der Waals surface area (Å²) in [6.45, 7) is 0.727. The molecule has 24 heavy (non-hydrogen) atoms. The van der Waals surface area contributed by atoms with Gasteiger partial charge >= 0.3 is 0 Å². The number of carbonyl (C=O) groups is 1. The van der Waals surface area contributed by atoms with Crippen LogP contribution in [-0.2, 0) is 11.8 Å². The Balaban J connectivity index is 1.74. The molecule has 0 spiro atoms. The van der Waals surface area contributed by atoms with Crippen molar-refractivity contribution in [1.82, 2.24) is 19.7 Å². The van der Waals surface area contributed by atoms with Crippen LogP contribution in [0.15, 0.2) is 30.7 Å². The van der Waals surface area contributed by atoms with Gasteiger partial charge in [-0.05, 0) is 18.6 Å². The van der Waals surface area contributed by atoms with Gasteiger partial charge in [0.2, 0.25) is 5.91 Å². The maximum absolute atomic E-state index is 12.1. The maximum Gasteiger partial charge on any atom is 0.222 e. The lowest BCUT2D eigenvalue weighted by Gasteiger charge is -2.38. The first-order valence-electron chi connectivity index (χ1n) is 7.92. The number of hydrogen-bond acceptors (Lipinski definition) is 5. The van der Waals surface area contributed by atoms with E-state index in [0.29, 0.717) is 12.1 Å². The highest BCUT2D eigenvalue weighted by molar-refractivity contribution is 5.77. The normalized spacial score (nSPS) is 20.7. The zero-order chi connectivity index (χ0) is 17.1. The molecule has 2 aromatic heterocycles. The van der Waals surface area contributed by atoms with Crippen LogP contribution in [0.5, 0.6) is 0 Å². The Kier molecular flexibility index (Phi) is 4.47. The van der Waals surface area contributed by atoms with E-state index in [1.807, 2.05) is 43.5 Å². The van der Waals surface area contributed by atoms with Crippen LogP contribution in [-0.4, -0.2) is 39.2 Å². The molecule has 0 saturated carbocycles. The second kappa shape index (κ2) is 6.71. The lowest BCUT2D eigenvalue weighted by atomic mass is 9.85. The predicted octanol–water partition coefficient (Wildman–Crippen LogP) is 1.71. The molecule has 1 fully saturated rings. The van der Waals surface area contributed by atoms with Crippen molar-refractivity contribution >= 4 is 11.6 Å². The third-order valence-corrected chi connectivity index (χ3v) is 4.50. The number of rotatable bonds is 4. The molecular weight excluding hydrogens is 304 g/mol. The van der Waals surface area contributed by atoms with Crippen molar-refractivity contribution in [2.24, 2.45) is 13.0 Å². The topological polar surface area (TPSA) is 86.8 Å². The zero-order valence-corrected chi connectivity index (χ0v) is 13.8. The molecule has 7 heteroatoms. The van der Waals surface area contributed by atoms with E-state index in [0.717, 1.165) is 24.2 Å². The van der Waals surface area contributed by atoms with E-state index in [4.69, 9.17) is 5.26 Å². The minimum absolute atomic E-state index is 0.0128. The van der Waals surface area contributed by atoms with E-state index in [9.17, 15) is 4.79 Å². The fourth-order valence-corrected chi connectivity index (χ4v) is 3.23. The molecule has 0 aliphatic carbocycles. The summed E-state index contributed by atoms with van der Waals surface area (Å²) in [6, 6.07) is 5.56. The minimum Gasteiger partial charge on any atom is -0.383 e. The quantitative estimate of drug-likeness (QED) is 0.925.